The standard InChI is InChI=1S/C60H45NO2/c1-4-41-44(26-17-29-53(37-18-7-5-8-19-37)61-57(41)38-20-9-6-10-21-38)50-34-40(43-25-16-28-48-46-23-12-14-31-55(46)63-59(43)48)36-52-56(50)49-33-32-39(35-51(49)60(52,2)3)42-24-15-27-47-45-22-11-13-30-54(45)62-58(42)47/h5-16,18-28,30-36H,4,17,29H2,1-3H3. The zero-order valence-corrected chi connectivity index (χ0v) is 35.7. The van der Waals surface area contributed by atoms with Crippen molar-refractivity contribution in [1.29, 1.82) is 0 Å². The van der Waals surface area contributed by atoms with Gasteiger partial charge in [0.1, 0.15) is 22.3 Å². The van der Waals surface area contributed by atoms with E-state index in [2.05, 4.69) is 197 Å². The van der Waals surface area contributed by atoms with E-state index in [1.807, 2.05) is 6.07 Å². The largest absolute Gasteiger partial charge is 0.455 e. The Morgan fingerprint density at radius 1 is 0.492 bits per heavy atom. The molecule has 1 aliphatic heterocycles. The molecular formula is C60H45NO2. The maximum Gasteiger partial charge on any atom is 0.143 e. The van der Waals surface area contributed by atoms with Crippen molar-refractivity contribution in [3.63, 3.8) is 0 Å². The second kappa shape index (κ2) is 14.6. The zero-order valence-electron chi connectivity index (χ0n) is 35.7. The molecule has 0 N–H and O–H groups in total. The minimum Gasteiger partial charge on any atom is -0.455 e. The lowest BCUT2D eigenvalue weighted by molar-refractivity contribution is 0.659. The molecule has 0 amide bonds. The highest BCUT2D eigenvalue weighted by Gasteiger charge is 2.39. The molecule has 0 radical (unpaired) electrons. The van der Waals surface area contributed by atoms with Crippen LogP contribution in [0.1, 0.15) is 67.9 Å². The summed E-state index contributed by atoms with van der Waals surface area (Å²) in [7, 11) is 0. The van der Waals surface area contributed by atoms with Crippen LogP contribution in [0.2, 0.25) is 0 Å². The highest BCUT2D eigenvalue weighted by Crippen LogP contribution is 2.55. The van der Waals surface area contributed by atoms with Gasteiger partial charge in [0.25, 0.3) is 0 Å². The van der Waals surface area contributed by atoms with E-state index in [0.717, 1.165) is 102 Å². The number of nitrogens with zero attached hydrogens (tertiary/aromatic N) is 1. The predicted molar refractivity (Wildman–Crippen MR) is 263 cm³/mol. The first kappa shape index (κ1) is 37.3. The minimum atomic E-state index is -0.325. The van der Waals surface area contributed by atoms with Crippen LogP contribution in [0.15, 0.2) is 201 Å². The van der Waals surface area contributed by atoms with Crippen LogP contribution in [0.4, 0.5) is 0 Å². The minimum absolute atomic E-state index is 0.325. The van der Waals surface area contributed by atoms with E-state index in [0.29, 0.717) is 0 Å². The van der Waals surface area contributed by atoms with Crippen LogP contribution in [0.25, 0.3) is 88.5 Å². The first-order valence-electron chi connectivity index (χ1n) is 22.2. The molecule has 12 rings (SSSR count). The number of benzene rings is 8. The third kappa shape index (κ3) is 5.91. The van der Waals surface area contributed by atoms with Crippen molar-refractivity contribution in [2.24, 2.45) is 4.99 Å². The van der Waals surface area contributed by atoms with Gasteiger partial charge in [0.15, 0.2) is 0 Å². The maximum atomic E-state index is 6.74. The molecule has 10 aromatic rings. The van der Waals surface area contributed by atoms with Crippen LogP contribution >= 0.6 is 0 Å². The molecule has 0 spiro atoms. The lowest BCUT2D eigenvalue weighted by Crippen LogP contribution is -2.15. The smallest absolute Gasteiger partial charge is 0.143 e. The van der Waals surface area contributed by atoms with Gasteiger partial charge in [0.05, 0.1) is 5.70 Å². The average molecular weight is 812 g/mol. The molecule has 8 aromatic carbocycles. The van der Waals surface area contributed by atoms with Crippen molar-refractivity contribution >= 4 is 60.9 Å². The van der Waals surface area contributed by atoms with Crippen molar-refractivity contribution in [2.75, 3.05) is 0 Å². The van der Waals surface area contributed by atoms with Crippen molar-refractivity contribution in [1.82, 2.24) is 0 Å². The highest BCUT2D eigenvalue weighted by molar-refractivity contribution is 6.12. The molecule has 3 nitrogen and oxygen atoms in total. The van der Waals surface area contributed by atoms with Crippen LogP contribution in [-0.2, 0) is 5.41 Å². The van der Waals surface area contributed by atoms with Crippen LogP contribution in [-0.4, -0.2) is 5.71 Å². The Bertz CT molecular complexity index is 3560. The molecule has 0 saturated heterocycles. The molecule has 63 heavy (non-hydrogen) atoms. The number of fused-ring (bicyclic) bond motifs is 9. The molecule has 0 saturated carbocycles. The van der Waals surface area contributed by atoms with E-state index >= 15 is 0 Å². The molecule has 2 aromatic heterocycles. The van der Waals surface area contributed by atoms with E-state index in [4.69, 9.17) is 13.8 Å². The topological polar surface area (TPSA) is 38.6 Å². The van der Waals surface area contributed by atoms with Gasteiger partial charge in [-0.1, -0.05) is 172 Å². The van der Waals surface area contributed by atoms with Gasteiger partial charge in [0, 0.05) is 49.4 Å². The quantitative estimate of drug-likeness (QED) is 0.168. The van der Waals surface area contributed by atoms with E-state index in [9.17, 15) is 0 Å². The maximum absolute atomic E-state index is 6.74. The predicted octanol–water partition coefficient (Wildman–Crippen LogP) is 16.6. The molecular weight excluding hydrogens is 767 g/mol. The van der Waals surface area contributed by atoms with E-state index in [-0.39, 0.29) is 5.41 Å². The van der Waals surface area contributed by atoms with Gasteiger partial charge in [0.2, 0.25) is 0 Å². The Morgan fingerprint density at radius 3 is 1.71 bits per heavy atom. The first-order valence-corrected chi connectivity index (χ1v) is 22.2. The van der Waals surface area contributed by atoms with Gasteiger partial charge in [-0.2, -0.15) is 0 Å². The molecule has 0 fully saturated rings. The number of aliphatic imine (C=N–C) groups is 1. The Kier molecular flexibility index (Phi) is 8.62. The summed E-state index contributed by atoms with van der Waals surface area (Å²) in [5.74, 6) is 0. The van der Waals surface area contributed by atoms with Crippen LogP contribution in [0.3, 0.4) is 0 Å². The number of hydrogen-bond acceptors (Lipinski definition) is 3. The third-order valence-electron chi connectivity index (χ3n) is 13.6. The van der Waals surface area contributed by atoms with Crippen molar-refractivity contribution in [3.05, 3.63) is 215 Å². The number of allylic oxidation sites excluding steroid dienone is 3. The van der Waals surface area contributed by atoms with Crippen LogP contribution in [0, 0.1) is 0 Å². The second-order valence-corrected chi connectivity index (χ2v) is 17.5. The third-order valence-corrected chi connectivity index (χ3v) is 13.6. The Balaban J connectivity index is 1.12. The van der Waals surface area contributed by atoms with E-state index < -0.39 is 0 Å². The summed E-state index contributed by atoms with van der Waals surface area (Å²) >= 11 is 0. The Labute approximate surface area is 367 Å². The van der Waals surface area contributed by atoms with Gasteiger partial charge in [-0.15, -0.1) is 0 Å². The van der Waals surface area contributed by atoms with E-state index in [1.165, 1.54) is 44.5 Å². The summed E-state index contributed by atoms with van der Waals surface area (Å²) in [5.41, 5.74) is 21.2. The van der Waals surface area contributed by atoms with Crippen LogP contribution in [0.5, 0.6) is 0 Å². The summed E-state index contributed by atoms with van der Waals surface area (Å²) in [6.45, 7) is 7.08. The summed E-state index contributed by atoms with van der Waals surface area (Å²) in [4.78, 5) is 5.63. The molecule has 3 heteroatoms. The van der Waals surface area contributed by atoms with Gasteiger partial charge in [-0.05, 0) is 105 Å². The highest BCUT2D eigenvalue weighted by atomic mass is 16.3. The van der Waals surface area contributed by atoms with Gasteiger partial charge in [-0.3, -0.25) is 4.99 Å². The van der Waals surface area contributed by atoms with Gasteiger partial charge >= 0.3 is 0 Å². The fourth-order valence-electron chi connectivity index (χ4n) is 10.5. The normalized spacial score (nSPS) is 14.8. The lowest BCUT2D eigenvalue weighted by Gasteiger charge is -2.25. The zero-order chi connectivity index (χ0) is 42.2. The van der Waals surface area contributed by atoms with Crippen LogP contribution < -0.4 is 0 Å². The molecule has 302 valence electrons. The van der Waals surface area contributed by atoms with Crippen molar-refractivity contribution in [3.8, 4) is 33.4 Å². The molecule has 0 unspecified atom stereocenters. The van der Waals surface area contributed by atoms with Crippen molar-refractivity contribution < 1.29 is 8.83 Å². The SMILES string of the molecule is CCC1=C(c2ccccc2)N=C(c2ccccc2)CCC=C1c1cc(-c2cccc3c2oc2ccccc23)cc2c1-c1ccc(-c3cccc4c3oc3ccccc34)cc1C2(C)C. The summed E-state index contributed by atoms with van der Waals surface area (Å²) < 4.78 is 13.3. The molecule has 1 aliphatic carbocycles. The number of hydrogen-bond donors (Lipinski definition) is 0. The number of para-hydroxylation sites is 4. The number of rotatable bonds is 6. The average Bonchev–Trinajstić information content (AvgIpc) is 3.97. The fourth-order valence-corrected chi connectivity index (χ4v) is 10.5. The summed E-state index contributed by atoms with van der Waals surface area (Å²) in [6.07, 6.45) is 5.02. The lowest BCUT2D eigenvalue weighted by atomic mass is 9.79. The summed E-state index contributed by atoms with van der Waals surface area (Å²) in [6, 6.07) is 63.3. The Hall–Kier alpha value is -7.49. The Morgan fingerprint density at radius 2 is 1.06 bits per heavy atom. The number of furan rings is 2. The molecule has 0 atom stereocenters. The fraction of sp³-hybridized carbons (Fsp3) is 0.117. The summed E-state index contributed by atoms with van der Waals surface area (Å²) in [5, 5.41) is 4.54. The molecule has 3 heterocycles. The first-order chi connectivity index (χ1) is 31.0. The van der Waals surface area contributed by atoms with Crippen molar-refractivity contribution in [2.45, 2.75) is 45.4 Å². The molecule has 2 aliphatic rings. The van der Waals surface area contributed by atoms with Gasteiger partial charge in [-0.25, -0.2) is 0 Å². The monoisotopic (exact) mass is 811 g/mol. The second-order valence-electron chi connectivity index (χ2n) is 17.5. The molecule has 0 bridgehead atoms. The van der Waals surface area contributed by atoms with Gasteiger partial charge < -0.3 is 8.83 Å². The van der Waals surface area contributed by atoms with E-state index in [1.54, 1.807) is 0 Å².